The molecule has 1 aliphatic carbocycles. The normalized spacial score (nSPS) is 14.7. The van der Waals surface area contributed by atoms with Gasteiger partial charge in [-0.3, -0.25) is 14.7 Å². The zero-order valence-corrected chi connectivity index (χ0v) is 15.0. The van der Waals surface area contributed by atoms with E-state index in [0.29, 0.717) is 11.3 Å². The summed E-state index contributed by atoms with van der Waals surface area (Å²) in [5, 5.41) is 13.1. The number of aromatic nitrogens is 2. The van der Waals surface area contributed by atoms with Gasteiger partial charge in [-0.25, -0.2) is 4.68 Å². The molecule has 6 heteroatoms. The maximum absolute atomic E-state index is 12.4. The molecule has 0 saturated heterocycles. The Kier molecular flexibility index (Phi) is 3.97. The lowest BCUT2D eigenvalue weighted by Gasteiger charge is -2.12. The molecule has 4 rings (SSSR count). The Morgan fingerprint density at radius 3 is 2.50 bits per heavy atom. The molecule has 0 spiro atoms. The minimum absolute atomic E-state index is 0.0429. The first-order valence-electron chi connectivity index (χ1n) is 7.88. The van der Waals surface area contributed by atoms with Crippen LogP contribution in [0.15, 0.2) is 63.9 Å². The summed E-state index contributed by atoms with van der Waals surface area (Å²) in [6, 6.07) is 14.5. The molecule has 1 aromatic heterocycles. The summed E-state index contributed by atoms with van der Waals surface area (Å²) >= 11 is 3.35. The lowest BCUT2D eigenvalue weighted by Crippen LogP contribution is -2.08. The first-order chi connectivity index (χ1) is 12.5. The number of halogens is 1. The highest BCUT2D eigenvalue weighted by atomic mass is 79.9. The molecule has 0 aliphatic heterocycles. The van der Waals surface area contributed by atoms with Crippen molar-refractivity contribution in [2.75, 3.05) is 0 Å². The van der Waals surface area contributed by atoms with E-state index in [1.54, 1.807) is 30.3 Å². The van der Waals surface area contributed by atoms with E-state index in [1.807, 2.05) is 24.3 Å². The van der Waals surface area contributed by atoms with Gasteiger partial charge in [0.1, 0.15) is 5.56 Å². The van der Waals surface area contributed by atoms with E-state index >= 15 is 0 Å². The smallest absolute Gasteiger partial charge is 0.275 e. The Morgan fingerprint density at radius 1 is 1.00 bits per heavy atom. The first kappa shape index (κ1) is 16.4. The molecule has 0 bridgehead atoms. The fourth-order valence-electron chi connectivity index (χ4n) is 2.91. The number of ketones is 1. The van der Waals surface area contributed by atoms with Gasteiger partial charge in [0.25, 0.3) is 5.56 Å². The van der Waals surface area contributed by atoms with E-state index in [1.165, 1.54) is 16.8 Å². The molecule has 0 fully saturated rings. The van der Waals surface area contributed by atoms with Crippen molar-refractivity contribution >= 4 is 39.4 Å². The van der Waals surface area contributed by atoms with Crippen LogP contribution in [0.4, 0.5) is 0 Å². The number of fused-ring (bicyclic) bond motifs is 1. The Balaban J connectivity index is 1.86. The number of aromatic amines is 1. The van der Waals surface area contributed by atoms with Gasteiger partial charge in [-0.15, -0.1) is 0 Å². The second-order valence-electron chi connectivity index (χ2n) is 5.83. The van der Waals surface area contributed by atoms with Gasteiger partial charge in [0.05, 0.1) is 5.69 Å². The van der Waals surface area contributed by atoms with Gasteiger partial charge in [0.15, 0.2) is 5.78 Å². The number of hydrogen-bond acceptors (Lipinski definition) is 3. The van der Waals surface area contributed by atoms with Crippen molar-refractivity contribution in [3.63, 3.8) is 0 Å². The molecule has 0 amide bonds. The second-order valence-corrected chi connectivity index (χ2v) is 6.75. The van der Waals surface area contributed by atoms with Gasteiger partial charge in [0.2, 0.25) is 5.88 Å². The van der Waals surface area contributed by atoms with Gasteiger partial charge in [-0.05, 0) is 47.5 Å². The molecule has 0 saturated carbocycles. The van der Waals surface area contributed by atoms with Gasteiger partial charge >= 0.3 is 0 Å². The van der Waals surface area contributed by atoms with Crippen LogP contribution in [0, 0.1) is 0 Å². The van der Waals surface area contributed by atoms with Gasteiger partial charge in [0, 0.05) is 10.0 Å². The van der Waals surface area contributed by atoms with Crippen LogP contribution in [-0.4, -0.2) is 20.7 Å². The average molecular weight is 409 g/mol. The van der Waals surface area contributed by atoms with Crippen LogP contribution < -0.4 is 5.56 Å². The Labute approximate surface area is 157 Å². The van der Waals surface area contributed by atoms with E-state index in [0.717, 1.165) is 15.6 Å². The van der Waals surface area contributed by atoms with E-state index in [9.17, 15) is 14.7 Å². The number of rotatable bonds is 2. The fourth-order valence-corrected chi connectivity index (χ4v) is 3.18. The molecule has 0 atom stereocenters. The number of allylic oxidation sites excluding steroid dienone is 2. The summed E-state index contributed by atoms with van der Waals surface area (Å²) in [5.41, 5.74) is 2.16. The maximum Gasteiger partial charge on any atom is 0.275 e. The van der Waals surface area contributed by atoms with Gasteiger partial charge in [-0.1, -0.05) is 46.3 Å². The molecular weight excluding hydrogens is 396 g/mol. The summed E-state index contributed by atoms with van der Waals surface area (Å²) in [4.78, 5) is 24.7. The van der Waals surface area contributed by atoms with Crippen LogP contribution in [0.2, 0.25) is 0 Å². The van der Waals surface area contributed by atoms with Crippen molar-refractivity contribution in [2.45, 2.75) is 0 Å². The van der Waals surface area contributed by atoms with Gasteiger partial charge in [-0.2, -0.15) is 0 Å². The van der Waals surface area contributed by atoms with Crippen LogP contribution in [-0.2, 0) is 4.79 Å². The highest BCUT2D eigenvalue weighted by molar-refractivity contribution is 9.10. The third kappa shape index (κ3) is 2.74. The number of hydrogen-bond donors (Lipinski definition) is 2. The minimum atomic E-state index is -0.474. The molecule has 1 heterocycles. The van der Waals surface area contributed by atoms with Crippen LogP contribution in [0.3, 0.4) is 0 Å². The van der Waals surface area contributed by atoms with Crippen LogP contribution >= 0.6 is 15.9 Å². The minimum Gasteiger partial charge on any atom is -0.493 e. The lowest BCUT2D eigenvalue weighted by molar-refractivity contribution is -0.109. The van der Waals surface area contributed by atoms with Gasteiger partial charge < -0.3 is 5.11 Å². The monoisotopic (exact) mass is 408 g/mol. The molecule has 3 aromatic rings. The van der Waals surface area contributed by atoms with E-state index < -0.39 is 5.56 Å². The lowest BCUT2D eigenvalue weighted by atomic mass is 9.90. The van der Waals surface area contributed by atoms with Crippen molar-refractivity contribution in [2.24, 2.45) is 0 Å². The molecule has 2 aromatic carbocycles. The highest BCUT2D eigenvalue weighted by Crippen LogP contribution is 2.30. The highest BCUT2D eigenvalue weighted by Gasteiger charge is 2.20. The third-order valence-electron chi connectivity index (χ3n) is 4.21. The van der Waals surface area contributed by atoms with Crippen molar-refractivity contribution in [3.8, 4) is 11.6 Å². The predicted molar refractivity (Wildman–Crippen MR) is 104 cm³/mol. The van der Waals surface area contributed by atoms with E-state index in [4.69, 9.17) is 0 Å². The fraction of sp³-hybridized carbons (Fsp3) is 0. The van der Waals surface area contributed by atoms with Crippen LogP contribution in [0.25, 0.3) is 23.4 Å². The quantitative estimate of drug-likeness (QED) is 0.633. The first-order valence-corrected chi connectivity index (χ1v) is 8.67. The average Bonchev–Trinajstić information content (AvgIpc) is 2.92. The summed E-state index contributed by atoms with van der Waals surface area (Å²) in [6.07, 6.45) is 4.64. The molecule has 1 aliphatic rings. The molecule has 0 radical (unpaired) electrons. The number of carbonyl (C=O) groups excluding carboxylic acids is 1. The number of nitrogens with one attached hydrogen (secondary N) is 1. The van der Waals surface area contributed by atoms with Crippen molar-refractivity contribution in [1.29, 1.82) is 0 Å². The Bertz CT molecular complexity index is 1130. The molecular formula is C20H13BrN2O3. The van der Waals surface area contributed by atoms with Crippen LogP contribution in [0.5, 0.6) is 5.88 Å². The number of aromatic hydroxyl groups is 1. The summed E-state index contributed by atoms with van der Waals surface area (Å²) in [6.45, 7) is 0. The molecule has 5 nitrogen and oxygen atoms in total. The molecule has 0 unspecified atom stereocenters. The predicted octanol–water partition coefficient (Wildman–Crippen LogP) is 3.77. The van der Waals surface area contributed by atoms with E-state index in [-0.39, 0.29) is 17.2 Å². The van der Waals surface area contributed by atoms with Crippen molar-refractivity contribution < 1.29 is 9.90 Å². The second kappa shape index (κ2) is 6.31. The molecule has 2 N–H and O–H groups in total. The topological polar surface area (TPSA) is 75.1 Å². The number of benzene rings is 2. The third-order valence-corrected chi connectivity index (χ3v) is 4.74. The zero-order valence-electron chi connectivity index (χ0n) is 13.4. The standard InChI is InChI=1S/C20H13BrN2O3/c21-13-6-8-14(9-7-13)23-20(26)17(19(25)22-23)11-16-15-4-2-1-3-12(15)5-10-18(16)24/h1-11,26H,(H,22,25)/b16-11+. The van der Waals surface area contributed by atoms with Crippen molar-refractivity contribution in [1.82, 2.24) is 9.78 Å². The number of nitrogens with zero attached hydrogens (tertiary/aromatic N) is 1. The largest absolute Gasteiger partial charge is 0.493 e. The Morgan fingerprint density at radius 2 is 1.73 bits per heavy atom. The zero-order chi connectivity index (χ0) is 18.3. The van der Waals surface area contributed by atoms with Crippen molar-refractivity contribution in [3.05, 3.63) is 86.1 Å². The number of H-pyrrole nitrogens is 1. The maximum atomic E-state index is 12.4. The summed E-state index contributed by atoms with van der Waals surface area (Å²) in [7, 11) is 0. The van der Waals surface area contributed by atoms with E-state index in [2.05, 4.69) is 21.0 Å². The summed E-state index contributed by atoms with van der Waals surface area (Å²) in [5.74, 6) is -0.455. The summed E-state index contributed by atoms with van der Waals surface area (Å²) < 4.78 is 2.17. The van der Waals surface area contributed by atoms with Crippen LogP contribution in [0.1, 0.15) is 16.7 Å². The number of carbonyl (C=O) groups is 1. The Hall–Kier alpha value is -3.12. The molecule has 128 valence electrons. The molecule has 26 heavy (non-hydrogen) atoms. The SMILES string of the molecule is O=C1C=Cc2ccccc2/C1=C\c1c(O)n(-c2ccc(Br)cc2)[nH]c1=O.